The van der Waals surface area contributed by atoms with Crippen LogP contribution < -0.4 is 10.6 Å². The van der Waals surface area contributed by atoms with E-state index in [0.717, 1.165) is 11.1 Å². The predicted molar refractivity (Wildman–Crippen MR) is 110 cm³/mol. The Hall–Kier alpha value is -2.86. The Morgan fingerprint density at radius 3 is 2.57 bits per heavy atom. The number of amides is 3. The number of anilines is 1. The number of nitrogens with zero attached hydrogens (tertiary/aromatic N) is 2. The SMILES string of the molecule is Cc1c(Cl)cccc1NC(=O)N1CCC2(CC1)N=C(c1ccccc1)C(=O)N2. The van der Waals surface area contributed by atoms with E-state index >= 15 is 0 Å². The largest absolute Gasteiger partial charge is 0.326 e. The average Bonchev–Trinajstić information content (AvgIpc) is 3.02. The van der Waals surface area contributed by atoms with Crippen molar-refractivity contribution in [1.82, 2.24) is 10.2 Å². The van der Waals surface area contributed by atoms with Gasteiger partial charge in [0.2, 0.25) is 0 Å². The second-order valence-electron chi connectivity index (χ2n) is 7.14. The number of aliphatic imine (C=N–C) groups is 1. The number of benzene rings is 2. The summed E-state index contributed by atoms with van der Waals surface area (Å²) in [5, 5.41) is 6.57. The highest BCUT2D eigenvalue weighted by molar-refractivity contribution is 6.46. The van der Waals surface area contributed by atoms with E-state index in [9.17, 15) is 9.59 Å². The van der Waals surface area contributed by atoms with Gasteiger partial charge in [0.05, 0.1) is 0 Å². The van der Waals surface area contributed by atoms with E-state index in [2.05, 4.69) is 10.6 Å². The van der Waals surface area contributed by atoms with Gasteiger partial charge in [0.25, 0.3) is 5.91 Å². The van der Waals surface area contributed by atoms with Crippen LogP contribution in [0.4, 0.5) is 10.5 Å². The summed E-state index contributed by atoms with van der Waals surface area (Å²) in [6.45, 7) is 2.89. The number of hydrogen-bond donors (Lipinski definition) is 2. The molecule has 0 saturated carbocycles. The highest BCUT2D eigenvalue weighted by Crippen LogP contribution is 2.29. The molecule has 0 atom stereocenters. The molecule has 1 spiro atoms. The summed E-state index contributed by atoms with van der Waals surface area (Å²) < 4.78 is 0. The van der Waals surface area contributed by atoms with Crippen LogP contribution in [0.5, 0.6) is 0 Å². The normalized spacial score (nSPS) is 18.0. The first-order valence-electron chi connectivity index (χ1n) is 9.26. The van der Waals surface area contributed by atoms with Crippen LogP contribution in [0.15, 0.2) is 53.5 Å². The molecule has 3 amide bonds. The van der Waals surface area contributed by atoms with Gasteiger partial charge >= 0.3 is 6.03 Å². The van der Waals surface area contributed by atoms with Crippen molar-refractivity contribution in [3.63, 3.8) is 0 Å². The molecule has 2 aromatic rings. The Kier molecular flexibility index (Phi) is 4.81. The summed E-state index contributed by atoms with van der Waals surface area (Å²) in [5.74, 6) is -0.154. The maximum atomic E-state index is 12.6. The molecular weight excluding hydrogens is 376 g/mol. The van der Waals surface area contributed by atoms with Crippen LogP contribution in [-0.2, 0) is 4.79 Å². The van der Waals surface area contributed by atoms with Gasteiger partial charge in [-0.2, -0.15) is 0 Å². The number of piperidine rings is 1. The van der Waals surface area contributed by atoms with E-state index in [1.165, 1.54) is 0 Å². The second kappa shape index (κ2) is 7.28. The van der Waals surface area contributed by atoms with Crippen LogP contribution >= 0.6 is 11.6 Å². The molecule has 0 aromatic heterocycles. The number of carbonyl (C=O) groups is 2. The number of likely N-dealkylation sites (tertiary alicyclic amines) is 1. The number of nitrogens with one attached hydrogen (secondary N) is 2. The van der Waals surface area contributed by atoms with Crippen LogP contribution in [-0.4, -0.2) is 41.3 Å². The maximum Gasteiger partial charge on any atom is 0.321 e. The Morgan fingerprint density at radius 1 is 1.14 bits per heavy atom. The summed E-state index contributed by atoms with van der Waals surface area (Å²) in [4.78, 5) is 31.5. The Bertz CT molecular complexity index is 950. The molecule has 2 heterocycles. The van der Waals surface area contributed by atoms with Gasteiger partial charge in [-0.25, -0.2) is 4.79 Å². The van der Waals surface area contributed by atoms with Gasteiger partial charge in [0.15, 0.2) is 0 Å². The molecule has 2 aliphatic rings. The van der Waals surface area contributed by atoms with Crippen molar-refractivity contribution in [2.45, 2.75) is 25.4 Å². The first-order valence-corrected chi connectivity index (χ1v) is 9.64. The van der Waals surface area contributed by atoms with Crippen molar-refractivity contribution in [2.75, 3.05) is 18.4 Å². The zero-order chi connectivity index (χ0) is 19.7. The van der Waals surface area contributed by atoms with E-state index in [0.29, 0.717) is 42.4 Å². The quantitative estimate of drug-likeness (QED) is 0.814. The first-order chi connectivity index (χ1) is 13.5. The molecule has 7 heteroatoms. The van der Waals surface area contributed by atoms with Gasteiger partial charge in [-0.1, -0.05) is 48.0 Å². The molecule has 2 aliphatic heterocycles. The van der Waals surface area contributed by atoms with Crippen LogP contribution in [0.2, 0.25) is 5.02 Å². The van der Waals surface area contributed by atoms with Gasteiger partial charge in [0.1, 0.15) is 11.4 Å². The molecule has 2 aromatic carbocycles. The Labute approximate surface area is 168 Å². The third-order valence-corrected chi connectivity index (χ3v) is 5.73. The monoisotopic (exact) mass is 396 g/mol. The van der Waals surface area contributed by atoms with E-state index in [1.807, 2.05) is 49.4 Å². The van der Waals surface area contributed by atoms with Gasteiger partial charge in [-0.05, 0) is 24.6 Å². The standard InChI is InChI=1S/C21H21ClN4O2/c1-14-16(22)8-5-9-17(14)23-20(28)26-12-10-21(11-13-26)24-18(19(27)25-21)15-6-3-2-4-7-15/h2-9H,10-13H2,1H3,(H,23,28)(H,25,27). The fourth-order valence-corrected chi connectivity index (χ4v) is 3.78. The highest BCUT2D eigenvalue weighted by atomic mass is 35.5. The summed E-state index contributed by atoms with van der Waals surface area (Å²) in [6, 6.07) is 14.7. The van der Waals surface area contributed by atoms with Crippen molar-refractivity contribution in [1.29, 1.82) is 0 Å². The number of carbonyl (C=O) groups excluding carboxylic acids is 2. The van der Waals surface area contributed by atoms with Gasteiger partial charge < -0.3 is 15.5 Å². The smallest absolute Gasteiger partial charge is 0.321 e. The van der Waals surface area contributed by atoms with E-state index < -0.39 is 5.66 Å². The molecule has 0 aliphatic carbocycles. The molecule has 0 unspecified atom stereocenters. The van der Waals surface area contributed by atoms with Crippen molar-refractivity contribution in [3.05, 3.63) is 64.7 Å². The Morgan fingerprint density at radius 2 is 1.86 bits per heavy atom. The maximum absolute atomic E-state index is 12.6. The summed E-state index contributed by atoms with van der Waals surface area (Å²) in [5.41, 5.74) is 2.20. The zero-order valence-electron chi connectivity index (χ0n) is 15.5. The minimum atomic E-state index is -0.620. The third kappa shape index (κ3) is 3.47. The van der Waals surface area contributed by atoms with Crippen LogP contribution in [0, 0.1) is 6.92 Å². The molecule has 2 N–H and O–H groups in total. The van der Waals surface area contributed by atoms with E-state index in [1.54, 1.807) is 11.0 Å². The zero-order valence-corrected chi connectivity index (χ0v) is 16.3. The van der Waals surface area contributed by atoms with Gasteiger partial charge in [-0.3, -0.25) is 9.79 Å². The molecule has 0 bridgehead atoms. The highest BCUT2D eigenvalue weighted by Gasteiger charge is 2.42. The number of hydrogen-bond acceptors (Lipinski definition) is 3. The fraction of sp³-hybridized carbons (Fsp3) is 0.286. The summed E-state index contributed by atoms with van der Waals surface area (Å²) in [6.07, 6.45) is 1.16. The molecule has 4 rings (SSSR count). The summed E-state index contributed by atoms with van der Waals surface area (Å²) in [7, 11) is 0. The number of urea groups is 1. The topological polar surface area (TPSA) is 73.8 Å². The number of halogens is 1. The van der Waals surface area contributed by atoms with Crippen molar-refractivity contribution >= 4 is 34.9 Å². The molecule has 0 radical (unpaired) electrons. The van der Waals surface area contributed by atoms with Crippen LogP contribution in [0.3, 0.4) is 0 Å². The predicted octanol–water partition coefficient (Wildman–Crippen LogP) is 3.59. The molecular formula is C21H21ClN4O2. The molecule has 144 valence electrons. The van der Waals surface area contributed by atoms with Gasteiger partial charge in [-0.15, -0.1) is 0 Å². The van der Waals surface area contributed by atoms with Crippen molar-refractivity contribution in [2.24, 2.45) is 4.99 Å². The first kappa shape index (κ1) is 18.5. The lowest BCUT2D eigenvalue weighted by Gasteiger charge is -2.37. The van der Waals surface area contributed by atoms with Crippen molar-refractivity contribution in [3.8, 4) is 0 Å². The lowest BCUT2D eigenvalue weighted by atomic mass is 9.98. The average molecular weight is 397 g/mol. The van der Waals surface area contributed by atoms with Gasteiger partial charge in [0, 0.05) is 42.2 Å². The van der Waals surface area contributed by atoms with E-state index in [-0.39, 0.29) is 11.9 Å². The molecule has 28 heavy (non-hydrogen) atoms. The van der Waals surface area contributed by atoms with Crippen LogP contribution in [0.25, 0.3) is 0 Å². The van der Waals surface area contributed by atoms with Crippen LogP contribution in [0.1, 0.15) is 24.0 Å². The molecule has 1 saturated heterocycles. The minimum Gasteiger partial charge on any atom is -0.326 e. The Balaban J connectivity index is 1.43. The lowest BCUT2D eigenvalue weighted by molar-refractivity contribution is -0.115. The molecule has 6 nitrogen and oxygen atoms in total. The third-order valence-electron chi connectivity index (χ3n) is 5.32. The fourth-order valence-electron chi connectivity index (χ4n) is 3.61. The number of rotatable bonds is 2. The van der Waals surface area contributed by atoms with E-state index in [4.69, 9.17) is 16.6 Å². The van der Waals surface area contributed by atoms with Crippen molar-refractivity contribution < 1.29 is 9.59 Å². The summed E-state index contributed by atoms with van der Waals surface area (Å²) >= 11 is 6.12. The second-order valence-corrected chi connectivity index (χ2v) is 7.55. The lowest BCUT2D eigenvalue weighted by Crippen LogP contribution is -2.53. The molecule has 1 fully saturated rings. The minimum absolute atomic E-state index is 0.154.